The van der Waals surface area contributed by atoms with Gasteiger partial charge in [0.1, 0.15) is 0 Å². The summed E-state index contributed by atoms with van der Waals surface area (Å²) in [5.74, 6) is 0. The largest absolute Gasteiger partial charge is 0.392 e. The van der Waals surface area contributed by atoms with Crippen molar-refractivity contribution in [1.29, 1.82) is 0 Å². The smallest absolute Gasteiger partial charge is 0.0693 e. The van der Waals surface area contributed by atoms with Crippen LogP contribution in [-0.2, 0) is 13.2 Å². The second kappa shape index (κ2) is 4.41. The maximum Gasteiger partial charge on any atom is 0.0693 e. The summed E-state index contributed by atoms with van der Waals surface area (Å²) in [5, 5.41) is 23.3. The van der Waals surface area contributed by atoms with Gasteiger partial charge in [0.05, 0.1) is 13.2 Å². The van der Waals surface area contributed by atoms with Crippen LogP contribution in [0.5, 0.6) is 0 Å². The highest BCUT2D eigenvalue weighted by atomic mass is 16.3. The highest BCUT2D eigenvalue weighted by molar-refractivity contribution is 6.05. The summed E-state index contributed by atoms with van der Waals surface area (Å²) in [5.41, 5.74) is 1.86. The van der Waals surface area contributed by atoms with Gasteiger partial charge in [-0.1, -0.05) is 48.5 Å². The summed E-state index contributed by atoms with van der Waals surface area (Å²) in [6, 6.07) is 15.8. The third kappa shape index (κ3) is 1.50. The number of hydrogen-bond acceptors (Lipinski definition) is 2. The predicted octanol–water partition coefficient (Wildman–Crippen LogP) is 2.98. The van der Waals surface area contributed by atoms with Crippen molar-refractivity contribution < 1.29 is 10.2 Å². The molecule has 0 atom stereocenters. The lowest BCUT2D eigenvalue weighted by Gasteiger charge is -2.14. The Labute approximate surface area is 105 Å². The van der Waals surface area contributed by atoms with Crippen LogP contribution in [0.25, 0.3) is 21.5 Å². The first kappa shape index (κ1) is 11.2. The molecule has 0 aromatic heterocycles. The maximum absolute atomic E-state index is 9.63. The zero-order valence-corrected chi connectivity index (χ0v) is 9.93. The van der Waals surface area contributed by atoms with E-state index in [1.807, 2.05) is 48.5 Å². The van der Waals surface area contributed by atoms with E-state index >= 15 is 0 Å². The fraction of sp³-hybridized carbons (Fsp3) is 0.125. The standard InChI is InChI=1S/C16H14O2/c17-9-15-11-5-1-2-6-12(11)16(10-18)14-8-4-3-7-13(14)15/h1-8,17-18H,9-10H2. The molecule has 0 aliphatic heterocycles. The number of benzene rings is 3. The molecule has 0 aliphatic rings. The second-order valence-corrected chi connectivity index (χ2v) is 4.36. The van der Waals surface area contributed by atoms with Crippen LogP contribution in [0.4, 0.5) is 0 Å². The molecular weight excluding hydrogens is 224 g/mol. The fourth-order valence-corrected chi connectivity index (χ4v) is 2.65. The van der Waals surface area contributed by atoms with Crippen LogP contribution in [-0.4, -0.2) is 10.2 Å². The molecule has 0 radical (unpaired) electrons. The zero-order chi connectivity index (χ0) is 12.5. The summed E-state index contributed by atoms with van der Waals surface area (Å²) in [6.45, 7) is 0.0134. The van der Waals surface area contributed by atoms with Gasteiger partial charge in [0.25, 0.3) is 0 Å². The molecule has 0 fully saturated rings. The predicted molar refractivity (Wildman–Crippen MR) is 73.3 cm³/mol. The Morgan fingerprint density at radius 1 is 0.556 bits per heavy atom. The average molecular weight is 238 g/mol. The topological polar surface area (TPSA) is 40.5 Å². The van der Waals surface area contributed by atoms with Gasteiger partial charge in [-0.3, -0.25) is 0 Å². The van der Waals surface area contributed by atoms with Gasteiger partial charge in [-0.2, -0.15) is 0 Å². The van der Waals surface area contributed by atoms with E-state index in [0.717, 1.165) is 32.7 Å². The van der Waals surface area contributed by atoms with Crippen molar-refractivity contribution in [3.05, 3.63) is 59.7 Å². The summed E-state index contributed by atoms with van der Waals surface area (Å²) < 4.78 is 0. The molecule has 0 amide bonds. The van der Waals surface area contributed by atoms with Crippen LogP contribution in [0.2, 0.25) is 0 Å². The minimum Gasteiger partial charge on any atom is -0.392 e. The Kier molecular flexibility index (Phi) is 2.74. The molecular formula is C16H14O2. The molecule has 3 aromatic carbocycles. The first-order valence-corrected chi connectivity index (χ1v) is 5.99. The van der Waals surface area contributed by atoms with E-state index in [4.69, 9.17) is 0 Å². The van der Waals surface area contributed by atoms with Crippen LogP contribution in [0.1, 0.15) is 11.1 Å². The van der Waals surface area contributed by atoms with Crippen LogP contribution < -0.4 is 0 Å². The molecule has 0 heterocycles. The normalized spacial score (nSPS) is 11.2. The van der Waals surface area contributed by atoms with E-state index in [1.54, 1.807) is 0 Å². The molecule has 90 valence electrons. The number of hydrogen-bond donors (Lipinski definition) is 2. The second-order valence-electron chi connectivity index (χ2n) is 4.36. The Bertz CT molecular complexity index is 598. The molecule has 0 unspecified atom stereocenters. The molecule has 0 saturated heterocycles. The van der Waals surface area contributed by atoms with Crippen LogP contribution >= 0.6 is 0 Å². The third-order valence-electron chi connectivity index (χ3n) is 3.47. The Morgan fingerprint density at radius 3 is 1.06 bits per heavy atom. The van der Waals surface area contributed by atoms with E-state index in [1.165, 1.54) is 0 Å². The summed E-state index contributed by atoms with van der Waals surface area (Å²) in [6.07, 6.45) is 0. The van der Waals surface area contributed by atoms with Crippen molar-refractivity contribution in [2.75, 3.05) is 0 Å². The van der Waals surface area contributed by atoms with Gasteiger partial charge in [0.2, 0.25) is 0 Å². The van der Waals surface area contributed by atoms with Gasteiger partial charge >= 0.3 is 0 Å². The summed E-state index contributed by atoms with van der Waals surface area (Å²) in [7, 11) is 0. The lowest BCUT2D eigenvalue weighted by Crippen LogP contribution is -1.95. The third-order valence-corrected chi connectivity index (χ3v) is 3.47. The molecule has 0 bridgehead atoms. The highest BCUT2D eigenvalue weighted by Gasteiger charge is 2.11. The van der Waals surface area contributed by atoms with Crippen molar-refractivity contribution in [2.45, 2.75) is 13.2 Å². The van der Waals surface area contributed by atoms with E-state index in [9.17, 15) is 10.2 Å². The minimum atomic E-state index is 0.00668. The first-order valence-electron chi connectivity index (χ1n) is 5.99. The Morgan fingerprint density at radius 2 is 0.833 bits per heavy atom. The van der Waals surface area contributed by atoms with E-state index in [-0.39, 0.29) is 13.2 Å². The molecule has 3 aromatic rings. The van der Waals surface area contributed by atoms with E-state index in [0.29, 0.717) is 0 Å². The van der Waals surface area contributed by atoms with Crippen molar-refractivity contribution >= 4 is 21.5 Å². The van der Waals surface area contributed by atoms with Crippen LogP contribution in [0, 0.1) is 0 Å². The average Bonchev–Trinajstić information content (AvgIpc) is 2.44. The minimum absolute atomic E-state index is 0.00668. The fourth-order valence-electron chi connectivity index (χ4n) is 2.65. The van der Waals surface area contributed by atoms with Gasteiger partial charge < -0.3 is 10.2 Å². The molecule has 0 aliphatic carbocycles. The van der Waals surface area contributed by atoms with Gasteiger partial charge in [0.15, 0.2) is 0 Å². The summed E-state index contributed by atoms with van der Waals surface area (Å²) in [4.78, 5) is 0. The summed E-state index contributed by atoms with van der Waals surface area (Å²) >= 11 is 0. The molecule has 0 spiro atoms. The Balaban J connectivity index is 2.61. The van der Waals surface area contributed by atoms with Crippen molar-refractivity contribution in [3.63, 3.8) is 0 Å². The Hall–Kier alpha value is -1.90. The lowest BCUT2D eigenvalue weighted by atomic mass is 9.92. The number of fused-ring (bicyclic) bond motifs is 2. The van der Waals surface area contributed by atoms with Gasteiger partial charge in [0, 0.05) is 0 Å². The quantitative estimate of drug-likeness (QED) is 0.674. The molecule has 2 N–H and O–H groups in total. The highest BCUT2D eigenvalue weighted by Crippen LogP contribution is 2.32. The van der Waals surface area contributed by atoms with Crippen molar-refractivity contribution in [1.82, 2.24) is 0 Å². The van der Waals surface area contributed by atoms with Crippen molar-refractivity contribution in [3.8, 4) is 0 Å². The molecule has 2 nitrogen and oxygen atoms in total. The molecule has 0 saturated carbocycles. The van der Waals surface area contributed by atoms with E-state index < -0.39 is 0 Å². The number of rotatable bonds is 2. The maximum atomic E-state index is 9.63. The van der Waals surface area contributed by atoms with Gasteiger partial charge in [-0.15, -0.1) is 0 Å². The lowest BCUT2D eigenvalue weighted by molar-refractivity contribution is 0.282. The first-order chi connectivity index (χ1) is 8.86. The molecule has 2 heteroatoms. The zero-order valence-electron chi connectivity index (χ0n) is 9.93. The SMILES string of the molecule is OCc1c2ccccc2c(CO)c2ccccc12. The van der Waals surface area contributed by atoms with Gasteiger partial charge in [-0.25, -0.2) is 0 Å². The molecule has 18 heavy (non-hydrogen) atoms. The van der Waals surface area contributed by atoms with Crippen LogP contribution in [0.15, 0.2) is 48.5 Å². The number of aliphatic hydroxyl groups excluding tert-OH is 2. The molecule has 3 rings (SSSR count). The van der Waals surface area contributed by atoms with Crippen molar-refractivity contribution in [2.24, 2.45) is 0 Å². The van der Waals surface area contributed by atoms with Gasteiger partial charge in [-0.05, 0) is 32.7 Å². The van der Waals surface area contributed by atoms with Crippen LogP contribution in [0.3, 0.4) is 0 Å². The monoisotopic (exact) mass is 238 g/mol. The number of aliphatic hydroxyl groups is 2. The van der Waals surface area contributed by atoms with E-state index in [2.05, 4.69) is 0 Å².